The summed E-state index contributed by atoms with van der Waals surface area (Å²) in [6.07, 6.45) is 0. The Morgan fingerprint density at radius 1 is 1.24 bits per heavy atom. The van der Waals surface area contributed by atoms with Crippen LogP contribution in [0.3, 0.4) is 0 Å². The van der Waals surface area contributed by atoms with Gasteiger partial charge in [-0.1, -0.05) is 12.1 Å². The minimum atomic E-state index is -0.911. The number of fused-ring (bicyclic) bond motifs is 1. The molecule has 3 N–H and O–H groups in total. The molecule has 7 heteroatoms. The van der Waals surface area contributed by atoms with E-state index in [-0.39, 0.29) is 30.9 Å². The molecular formula is C18H18F2N3O2+. The number of halogens is 2. The number of amides is 2. The van der Waals surface area contributed by atoms with Gasteiger partial charge in [0.25, 0.3) is 5.91 Å². The Bertz CT molecular complexity index is 826. The molecule has 25 heavy (non-hydrogen) atoms. The molecule has 0 radical (unpaired) electrons. The first-order valence-electron chi connectivity index (χ1n) is 7.93. The lowest BCUT2D eigenvalue weighted by Gasteiger charge is -2.28. The highest BCUT2D eigenvalue weighted by atomic mass is 19.2. The predicted octanol–water partition coefficient (Wildman–Crippen LogP) is 1.57. The Hall–Kier alpha value is -2.80. The Balaban J connectivity index is 1.68. The van der Waals surface area contributed by atoms with Gasteiger partial charge in [0.05, 0.1) is 11.4 Å². The Morgan fingerprint density at radius 3 is 2.76 bits per heavy atom. The first-order valence-corrected chi connectivity index (χ1v) is 7.93. The van der Waals surface area contributed by atoms with Crippen LogP contribution in [0, 0.1) is 11.6 Å². The lowest BCUT2D eigenvalue weighted by molar-refractivity contribution is -0.682. The highest BCUT2D eigenvalue weighted by Crippen LogP contribution is 2.28. The van der Waals surface area contributed by atoms with Crippen LogP contribution in [-0.2, 0) is 9.59 Å². The van der Waals surface area contributed by atoms with Gasteiger partial charge in [-0.15, -0.1) is 0 Å². The molecule has 0 saturated heterocycles. The largest absolute Gasteiger partial charge is 0.333 e. The van der Waals surface area contributed by atoms with Crippen molar-refractivity contribution in [1.82, 2.24) is 0 Å². The molecule has 2 aromatic rings. The molecule has 0 bridgehead atoms. The van der Waals surface area contributed by atoms with Gasteiger partial charge in [0, 0.05) is 5.56 Å². The number of anilines is 2. The van der Waals surface area contributed by atoms with Crippen molar-refractivity contribution in [1.29, 1.82) is 0 Å². The molecule has 0 fully saturated rings. The Labute approximate surface area is 143 Å². The van der Waals surface area contributed by atoms with Gasteiger partial charge >= 0.3 is 0 Å². The van der Waals surface area contributed by atoms with Crippen molar-refractivity contribution in [3.63, 3.8) is 0 Å². The first kappa shape index (κ1) is 17.0. The number of nitrogens with one attached hydrogen (secondary N) is 1. The number of nitrogens with zero attached hydrogens (tertiary/aromatic N) is 1. The number of para-hydroxylation sites is 2. The predicted molar refractivity (Wildman–Crippen MR) is 89.0 cm³/mol. The summed E-state index contributed by atoms with van der Waals surface area (Å²) >= 11 is 0. The smallest absolute Gasteiger partial charge is 0.282 e. The highest BCUT2D eigenvalue weighted by molar-refractivity contribution is 6.10. The van der Waals surface area contributed by atoms with E-state index < -0.39 is 11.6 Å². The molecule has 2 aromatic carbocycles. The van der Waals surface area contributed by atoms with E-state index in [2.05, 4.69) is 5.32 Å². The molecule has 2 amide bonds. The maximum absolute atomic E-state index is 13.3. The number of rotatable bonds is 4. The van der Waals surface area contributed by atoms with E-state index in [1.165, 1.54) is 11.0 Å². The lowest BCUT2D eigenvalue weighted by Crippen LogP contribution is -2.87. The number of carbonyl (C=O) groups is 2. The molecule has 130 valence electrons. The fourth-order valence-electron chi connectivity index (χ4n) is 2.78. The topological polar surface area (TPSA) is 66.0 Å². The van der Waals surface area contributed by atoms with E-state index in [0.29, 0.717) is 16.9 Å². The fraction of sp³-hybridized carbons (Fsp3) is 0.222. The maximum atomic E-state index is 13.3. The molecule has 0 aliphatic carbocycles. The summed E-state index contributed by atoms with van der Waals surface area (Å²) < 4.78 is 26.3. The first-order chi connectivity index (χ1) is 12.0. The summed E-state index contributed by atoms with van der Waals surface area (Å²) in [6.45, 7) is 1.85. The molecule has 3 rings (SSSR count). The average Bonchev–Trinajstić information content (AvgIpc) is 2.60. The third-order valence-corrected chi connectivity index (χ3v) is 4.19. The van der Waals surface area contributed by atoms with Crippen molar-refractivity contribution in [2.75, 3.05) is 23.3 Å². The third kappa shape index (κ3) is 3.66. The van der Waals surface area contributed by atoms with E-state index in [4.69, 9.17) is 0 Å². The van der Waals surface area contributed by atoms with Crippen LogP contribution in [0.4, 0.5) is 20.2 Å². The maximum Gasteiger partial charge on any atom is 0.282 e. The number of carbonyl (C=O) groups excluding carboxylic acids is 2. The zero-order valence-corrected chi connectivity index (χ0v) is 13.6. The van der Waals surface area contributed by atoms with Gasteiger partial charge in [0.2, 0.25) is 5.91 Å². The van der Waals surface area contributed by atoms with Crippen molar-refractivity contribution < 1.29 is 23.7 Å². The van der Waals surface area contributed by atoms with Crippen molar-refractivity contribution in [2.45, 2.75) is 13.0 Å². The molecule has 0 unspecified atom stereocenters. The van der Waals surface area contributed by atoms with Crippen molar-refractivity contribution in [3.05, 3.63) is 59.7 Å². The summed E-state index contributed by atoms with van der Waals surface area (Å²) in [5.74, 6) is -2.29. The van der Waals surface area contributed by atoms with Crippen LogP contribution in [0.2, 0.25) is 0 Å². The normalized spacial score (nSPS) is 14.7. The quantitative estimate of drug-likeness (QED) is 0.883. The second-order valence-electron chi connectivity index (χ2n) is 5.95. The van der Waals surface area contributed by atoms with Gasteiger partial charge in [-0.2, -0.15) is 0 Å². The zero-order valence-electron chi connectivity index (χ0n) is 13.6. The molecule has 0 spiro atoms. The molecule has 1 aliphatic rings. The molecule has 0 aromatic heterocycles. The second kappa shape index (κ2) is 6.98. The van der Waals surface area contributed by atoms with E-state index in [1.807, 2.05) is 0 Å². The molecule has 1 heterocycles. The van der Waals surface area contributed by atoms with Crippen molar-refractivity contribution >= 4 is 23.2 Å². The number of hydrogen-bond donors (Lipinski definition) is 2. The van der Waals surface area contributed by atoms with Gasteiger partial charge in [-0.05, 0) is 37.3 Å². The fourth-order valence-corrected chi connectivity index (χ4v) is 2.78. The van der Waals surface area contributed by atoms with Crippen LogP contribution in [0.1, 0.15) is 18.5 Å². The van der Waals surface area contributed by atoms with Crippen LogP contribution in [0.15, 0.2) is 42.5 Å². The van der Waals surface area contributed by atoms with E-state index in [0.717, 1.165) is 12.1 Å². The standard InChI is InChI=1S/C18H17F2N3O2/c1-11(12-6-7-13(19)14(20)8-12)21-9-18(25)23-10-17(24)22-15-4-2-3-5-16(15)23/h2-8,11,21H,9-10H2,1H3,(H,22,24)/p+1/t11-/m1/s1. The summed E-state index contributed by atoms with van der Waals surface area (Å²) in [4.78, 5) is 25.8. The lowest BCUT2D eigenvalue weighted by atomic mass is 10.1. The van der Waals surface area contributed by atoms with Crippen molar-refractivity contribution in [3.8, 4) is 0 Å². The molecule has 5 nitrogen and oxygen atoms in total. The van der Waals surface area contributed by atoms with Crippen LogP contribution in [0.25, 0.3) is 0 Å². The monoisotopic (exact) mass is 346 g/mol. The van der Waals surface area contributed by atoms with E-state index in [1.54, 1.807) is 36.5 Å². The Kier molecular flexibility index (Phi) is 4.76. The van der Waals surface area contributed by atoms with Crippen molar-refractivity contribution in [2.24, 2.45) is 0 Å². The van der Waals surface area contributed by atoms with Gasteiger partial charge in [-0.25, -0.2) is 8.78 Å². The van der Waals surface area contributed by atoms with Gasteiger partial charge < -0.3 is 10.6 Å². The zero-order chi connectivity index (χ0) is 18.0. The van der Waals surface area contributed by atoms with Crippen LogP contribution in [0.5, 0.6) is 0 Å². The number of quaternary nitrogens is 1. The number of benzene rings is 2. The van der Waals surface area contributed by atoms with Gasteiger partial charge in [0.15, 0.2) is 18.2 Å². The molecular weight excluding hydrogens is 328 g/mol. The molecule has 1 atom stereocenters. The number of hydrogen-bond acceptors (Lipinski definition) is 2. The van der Waals surface area contributed by atoms with Gasteiger partial charge in [-0.3, -0.25) is 14.5 Å². The minimum absolute atomic E-state index is 0.0384. The summed E-state index contributed by atoms with van der Waals surface area (Å²) in [6, 6.07) is 10.5. The summed E-state index contributed by atoms with van der Waals surface area (Å²) in [7, 11) is 0. The van der Waals surface area contributed by atoms with Crippen LogP contribution < -0.4 is 15.5 Å². The van der Waals surface area contributed by atoms with Gasteiger partial charge in [0.1, 0.15) is 12.6 Å². The number of nitrogens with two attached hydrogens (primary N) is 1. The van der Waals surface area contributed by atoms with E-state index in [9.17, 15) is 18.4 Å². The van der Waals surface area contributed by atoms with Crippen LogP contribution in [-0.4, -0.2) is 24.9 Å². The second-order valence-corrected chi connectivity index (χ2v) is 5.95. The SMILES string of the molecule is C[C@@H]([NH2+]CC(=O)N1CC(=O)Nc2ccccc21)c1ccc(F)c(F)c1. The Morgan fingerprint density at radius 2 is 2.00 bits per heavy atom. The average molecular weight is 346 g/mol. The molecule has 1 aliphatic heterocycles. The van der Waals surface area contributed by atoms with E-state index >= 15 is 0 Å². The summed E-state index contributed by atoms with van der Waals surface area (Å²) in [5, 5.41) is 4.45. The minimum Gasteiger partial charge on any atom is -0.333 e. The molecule has 0 saturated carbocycles. The summed E-state index contributed by atoms with van der Waals surface area (Å²) in [5.41, 5.74) is 1.84. The third-order valence-electron chi connectivity index (χ3n) is 4.19. The van der Waals surface area contributed by atoms with Crippen LogP contribution >= 0.6 is 0 Å². The highest BCUT2D eigenvalue weighted by Gasteiger charge is 2.27.